The van der Waals surface area contributed by atoms with E-state index in [-0.39, 0.29) is 5.12 Å². The van der Waals surface area contributed by atoms with Gasteiger partial charge in [0.1, 0.15) is 5.75 Å². The Morgan fingerprint density at radius 2 is 1.83 bits per heavy atom. The van der Waals surface area contributed by atoms with Crippen LogP contribution >= 0.6 is 11.8 Å². The van der Waals surface area contributed by atoms with Crippen molar-refractivity contribution in [2.75, 3.05) is 13.4 Å². The summed E-state index contributed by atoms with van der Waals surface area (Å²) in [5, 5.41) is 0.0490. The summed E-state index contributed by atoms with van der Waals surface area (Å²) in [6.45, 7) is 0. The quantitative estimate of drug-likeness (QED) is 0.836. The topological polar surface area (TPSA) is 26.3 Å². The van der Waals surface area contributed by atoms with Crippen molar-refractivity contribution >= 4 is 16.9 Å². The molecule has 0 unspecified atom stereocenters. The number of benzene rings is 2. The molecule has 0 atom stereocenters. The fourth-order valence-corrected chi connectivity index (χ4v) is 2.15. The summed E-state index contributed by atoms with van der Waals surface area (Å²) in [5.41, 5.74) is 2.74. The predicted octanol–water partition coefficient (Wildman–Crippen LogP) is 3.87. The first-order valence-corrected chi connectivity index (χ1v) is 6.80. The summed E-state index contributed by atoms with van der Waals surface area (Å²) >= 11 is 1.20. The molecule has 0 heterocycles. The van der Waals surface area contributed by atoms with E-state index < -0.39 is 0 Å². The second kappa shape index (κ2) is 5.74. The number of methoxy groups -OCH3 is 1. The number of carbonyl (C=O) groups is 1. The number of hydrogen-bond donors (Lipinski definition) is 0. The summed E-state index contributed by atoms with van der Waals surface area (Å²) in [6.07, 6.45) is 1.78. The van der Waals surface area contributed by atoms with Gasteiger partial charge < -0.3 is 4.74 Å². The maximum atomic E-state index is 11.6. The molecule has 0 saturated carbocycles. The molecule has 0 aliphatic carbocycles. The zero-order valence-corrected chi connectivity index (χ0v) is 11.2. The first-order valence-electron chi connectivity index (χ1n) is 5.58. The molecule has 0 N–H and O–H groups in total. The minimum absolute atomic E-state index is 0.0490. The van der Waals surface area contributed by atoms with E-state index in [0.29, 0.717) is 5.56 Å². The molecule has 0 spiro atoms. The summed E-state index contributed by atoms with van der Waals surface area (Å²) in [6, 6.07) is 15.5. The van der Waals surface area contributed by atoms with Crippen LogP contribution in [-0.4, -0.2) is 18.5 Å². The van der Waals surface area contributed by atoms with E-state index in [0.717, 1.165) is 16.9 Å². The van der Waals surface area contributed by atoms with Crippen LogP contribution in [0, 0.1) is 0 Å². The molecular formula is C15H14O2S. The van der Waals surface area contributed by atoms with Gasteiger partial charge in [0, 0.05) is 11.1 Å². The Kier molecular flexibility index (Phi) is 4.05. The van der Waals surface area contributed by atoms with Gasteiger partial charge in [0.25, 0.3) is 0 Å². The van der Waals surface area contributed by atoms with Gasteiger partial charge in [0.2, 0.25) is 5.12 Å². The van der Waals surface area contributed by atoms with Gasteiger partial charge in [-0.2, -0.15) is 0 Å². The van der Waals surface area contributed by atoms with Gasteiger partial charge in [-0.1, -0.05) is 42.1 Å². The highest BCUT2D eigenvalue weighted by atomic mass is 32.2. The minimum Gasteiger partial charge on any atom is -0.496 e. The van der Waals surface area contributed by atoms with Crippen molar-refractivity contribution in [3.63, 3.8) is 0 Å². The molecule has 18 heavy (non-hydrogen) atoms. The van der Waals surface area contributed by atoms with E-state index in [4.69, 9.17) is 4.74 Å². The smallest absolute Gasteiger partial charge is 0.219 e. The first-order chi connectivity index (χ1) is 8.76. The van der Waals surface area contributed by atoms with Gasteiger partial charge in [-0.3, -0.25) is 4.79 Å². The number of ether oxygens (including phenoxy) is 1. The average molecular weight is 258 g/mol. The monoisotopic (exact) mass is 258 g/mol. The Labute approximate surface area is 111 Å². The van der Waals surface area contributed by atoms with E-state index in [1.807, 2.05) is 42.5 Å². The molecule has 0 aromatic heterocycles. The van der Waals surface area contributed by atoms with Gasteiger partial charge in [0.05, 0.1) is 7.11 Å². The minimum atomic E-state index is 0.0490. The summed E-state index contributed by atoms with van der Waals surface area (Å²) in [4.78, 5) is 11.6. The lowest BCUT2D eigenvalue weighted by Crippen LogP contribution is -1.95. The third-order valence-electron chi connectivity index (χ3n) is 2.71. The molecule has 2 aromatic carbocycles. The largest absolute Gasteiger partial charge is 0.496 e. The van der Waals surface area contributed by atoms with Crippen molar-refractivity contribution in [1.29, 1.82) is 0 Å². The molecule has 0 aliphatic rings. The fourth-order valence-electron chi connectivity index (χ4n) is 1.79. The van der Waals surface area contributed by atoms with Crippen molar-refractivity contribution in [3.05, 3.63) is 54.1 Å². The highest BCUT2D eigenvalue weighted by Crippen LogP contribution is 2.31. The second-order valence-electron chi connectivity index (χ2n) is 3.77. The molecule has 0 fully saturated rings. The number of rotatable bonds is 3. The molecule has 92 valence electrons. The van der Waals surface area contributed by atoms with Crippen LogP contribution in [-0.2, 0) is 0 Å². The van der Waals surface area contributed by atoms with Gasteiger partial charge in [-0.05, 0) is 30.0 Å². The summed E-state index contributed by atoms with van der Waals surface area (Å²) < 4.78 is 5.37. The normalized spacial score (nSPS) is 10.1. The highest BCUT2D eigenvalue weighted by molar-refractivity contribution is 8.13. The SMILES string of the molecule is COc1cc(C(=O)SC)ccc1-c1ccccc1. The van der Waals surface area contributed by atoms with Crippen LogP contribution in [0.3, 0.4) is 0 Å². The Morgan fingerprint density at radius 3 is 2.44 bits per heavy atom. The molecule has 0 bridgehead atoms. The molecule has 2 aromatic rings. The zero-order chi connectivity index (χ0) is 13.0. The second-order valence-corrected chi connectivity index (χ2v) is 4.55. The van der Waals surface area contributed by atoms with Crippen LogP contribution in [0.1, 0.15) is 10.4 Å². The van der Waals surface area contributed by atoms with Crippen molar-refractivity contribution in [1.82, 2.24) is 0 Å². The van der Waals surface area contributed by atoms with E-state index in [1.54, 1.807) is 19.4 Å². The van der Waals surface area contributed by atoms with Crippen LogP contribution in [0.4, 0.5) is 0 Å². The number of carbonyl (C=O) groups excluding carboxylic acids is 1. The lowest BCUT2D eigenvalue weighted by Gasteiger charge is -2.10. The molecule has 0 amide bonds. The summed E-state index contributed by atoms with van der Waals surface area (Å²) in [5.74, 6) is 0.723. The summed E-state index contributed by atoms with van der Waals surface area (Å²) in [7, 11) is 1.62. The van der Waals surface area contributed by atoms with Gasteiger partial charge in [-0.15, -0.1) is 0 Å². The first kappa shape index (κ1) is 12.7. The molecular weight excluding hydrogens is 244 g/mol. The molecule has 3 heteroatoms. The maximum Gasteiger partial charge on any atom is 0.219 e. The third-order valence-corrected chi connectivity index (χ3v) is 3.31. The molecule has 0 saturated heterocycles. The predicted molar refractivity (Wildman–Crippen MR) is 76.3 cm³/mol. The van der Waals surface area contributed by atoms with Crippen LogP contribution in [0.5, 0.6) is 5.75 Å². The molecule has 0 radical (unpaired) electrons. The lowest BCUT2D eigenvalue weighted by molar-refractivity contribution is 0.108. The Morgan fingerprint density at radius 1 is 1.11 bits per heavy atom. The maximum absolute atomic E-state index is 11.6. The lowest BCUT2D eigenvalue weighted by atomic mass is 10.0. The van der Waals surface area contributed by atoms with E-state index >= 15 is 0 Å². The van der Waals surface area contributed by atoms with Crippen LogP contribution in [0.2, 0.25) is 0 Å². The highest BCUT2D eigenvalue weighted by Gasteiger charge is 2.10. The Bertz CT molecular complexity index is 550. The van der Waals surface area contributed by atoms with E-state index in [9.17, 15) is 4.79 Å². The van der Waals surface area contributed by atoms with Crippen molar-refractivity contribution in [3.8, 4) is 16.9 Å². The van der Waals surface area contributed by atoms with Crippen LogP contribution in [0.25, 0.3) is 11.1 Å². The van der Waals surface area contributed by atoms with Gasteiger partial charge in [0.15, 0.2) is 0 Å². The Hall–Kier alpha value is -1.74. The standard InChI is InChI=1S/C15H14O2S/c1-17-14-10-12(15(16)18-2)8-9-13(14)11-6-4-3-5-7-11/h3-10H,1-2H3. The number of hydrogen-bond acceptors (Lipinski definition) is 3. The van der Waals surface area contributed by atoms with E-state index in [1.165, 1.54) is 11.8 Å². The van der Waals surface area contributed by atoms with Gasteiger partial charge >= 0.3 is 0 Å². The van der Waals surface area contributed by atoms with Crippen molar-refractivity contribution < 1.29 is 9.53 Å². The Balaban J connectivity index is 2.47. The van der Waals surface area contributed by atoms with Gasteiger partial charge in [-0.25, -0.2) is 0 Å². The van der Waals surface area contributed by atoms with Crippen LogP contribution < -0.4 is 4.74 Å². The fraction of sp³-hybridized carbons (Fsp3) is 0.133. The van der Waals surface area contributed by atoms with Crippen molar-refractivity contribution in [2.45, 2.75) is 0 Å². The van der Waals surface area contributed by atoms with E-state index in [2.05, 4.69) is 0 Å². The third kappa shape index (κ3) is 2.57. The van der Waals surface area contributed by atoms with Crippen molar-refractivity contribution in [2.24, 2.45) is 0 Å². The molecule has 0 aliphatic heterocycles. The number of thioether (sulfide) groups is 1. The zero-order valence-electron chi connectivity index (χ0n) is 10.3. The molecule has 2 nitrogen and oxygen atoms in total. The molecule has 2 rings (SSSR count). The van der Waals surface area contributed by atoms with Crippen LogP contribution in [0.15, 0.2) is 48.5 Å². The average Bonchev–Trinajstić information content (AvgIpc) is 2.46.